The van der Waals surface area contributed by atoms with Gasteiger partial charge in [0, 0.05) is 12.0 Å². The van der Waals surface area contributed by atoms with Crippen molar-refractivity contribution in [2.24, 2.45) is 0 Å². The van der Waals surface area contributed by atoms with Gasteiger partial charge in [0.25, 0.3) is 11.8 Å². The van der Waals surface area contributed by atoms with Gasteiger partial charge in [0.2, 0.25) is 11.8 Å². The first-order chi connectivity index (χ1) is 17.3. The molecular formula is C25H20N4O7. The topological polar surface area (TPSA) is 151 Å². The molecular weight excluding hydrogens is 468 g/mol. The lowest BCUT2D eigenvalue weighted by atomic mass is 10.0. The molecule has 2 aromatic carbocycles. The number of benzene rings is 2. The number of anilines is 1. The van der Waals surface area contributed by atoms with Crippen LogP contribution in [0.25, 0.3) is 0 Å². The summed E-state index contributed by atoms with van der Waals surface area (Å²) in [6, 6.07) is 9.96. The zero-order valence-electron chi connectivity index (χ0n) is 19.0. The Labute approximate surface area is 205 Å². The Morgan fingerprint density at radius 2 is 1.81 bits per heavy atom. The molecule has 1 saturated heterocycles. The Morgan fingerprint density at radius 3 is 2.56 bits per heavy atom. The van der Waals surface area contributed by atoms with Crippen LogP contribution in [0.15, 0.2) is 42.5 Å². The number of nitrogens with zero attached hydrogens (tertiary/aromatic N) is 1. The Hall–Kier alpha value is -4.98. The van der Waals surface area contributed by atoms with E-state index >= 15 is 0 Å². The molecule has 3 N–H and O–H groups in total. The molecule has 2 aromatic rings. The lowest BCUT2D eigenvalue weighted by Crippen LogP contribution is -2.54. The predicted molar refractivity (Wildman–Crippen MR) is 125 cm³/mol. The van der Waals surface area contributed by atoms with Crippen molar-refractivity contribution in [3.05, 3.63) is 59.2 Å². The number of hydrogen-bond donors (Lipinski definition) is 3. The Balaban J connectivity index is 1.37. The fourth-order valence-corrected chi connectivity index (χ4v) is 3.83. The lowest BCUT2D eigenvalue weighted by Gasteiger charge is -2.27. The third kappa shape index (κ3) is 4.78. The van der Waals surface area contributed by atoms with Crippen molar-refractivity contribution < 1.29 is 33.5 Å². The van der Waals surface area contributed by atoms with Gasteiger partial charge in [0.05, 0.1) is 30.5 Å². The molecule has 2 heterocycles. The maximum atomic E-state index is 12.9. The molecule has 11 nitrogen and oxygen atoms in total. The van der Waals surface area contributed by atoms with Crippen LogP contribution in [0.2, 0.25) is 0 Å². The summed E-state index contributed by atoms with van der Waals surface area (Å²) in [5, 5.41) is 6.96. The van der Waals surface area contributed by atoms with E-state index in [-0.39, 0.29) is 30.5 Å². The molecule has 1 atom stereocenters. The summed E-state index contributed by atoms with van der Waals surface area (Å²) in [4.78, 5) is 74.1. The first kappa shape index (κ1) is 24.2. The van der Waals surface area contributed by atoms with E-state index in [0.29, 0.717) is 17.0 Å². The van der Waals surface area contributed by atoms with Gasteiger partial charge in [0.15, 0.2) is 0 Å². The number of imide groups is 2. The quantitative estimate of drug-likeness (QED) is 0.316. The number of methoxy groups -OCH3 is 1. The summed E-state index contributed by atoms with van der Waals surface area (Å²) in [7, 11) is 1.44. The summed E-state index contributed by atoms with van der Waals surface area (Å²) >= 11 is 0. The lowest BCUT2D eigenvalue weighted by molar-refractivity contribution is -0.136. The molecule has 0 saturated carbocycles. The van der Waals surface area contributed by atoms with Crippen molar-refractivity contribution >= 4 is 41.1 Å². The van der Waals surface area contributed by atoms with Crippen molar-refractivity contribution in [3.63, 3.8) is 0 Å². The zero-order chi connectivity index (χ0) is 25.8. The third-order valence-electron chi connectivity index (χ3n) is 5.57. The highest BCUT2D eigenvalue weighted by atomic mass is 16.5. The van der Waals surface area contributed by atoms with E-state index < -0.39 is 41.5 Å². The molecule has 0 bridgehead atoms. The van der Waals surface area contributed by atoms with E-state index in [0.717, 1.165) is 4.90 Å². The summed E-state index contributed by atoms with van der Waals surface area (Å²) in [5.41, 5.74) is 0.968. The van der Waals surface area contributed by atoms with Crippen LogP contribution in [0, 0.1) is 11.8 Å². The molecule has 1 fully saturated rings. The second-order valence-corrected chi connectivity index (χ2v) is 7.85. The summed E-state index contributed by atoms with van der Waals surface area (Å²) in [5.74, 6) is 1.65. The van der Waals surface area contributed by atoms with Gasteiger partial charge in [-0.2, -0.15) is 0 Å². The monoisotopic (exact) mass is 488 g/mol. The van der Waals surface area contributed by atoms with Crippen LogP contribution in [0.1, 0.15) is 39.1 Å². The molecule has 0 aromatic heterocycles. The van der Waals surface area contributed by atoms with Crippen LogP contribution in [0.5, 0.6) is 5.75 Å². The van der Waals surface area contributed by atoms with Crippen LogP contribution in [-0.2, 0) is 19.2 Å². The molecule has 2 aliphatic rings. The van der Waals surface area contributed by atoms with Crippen LogP contribution in [0.3, 0.4) is 0 Å². The molecule has 0 radical (unpaired) electrons. The van der Waals surface area contributed by atoms with Gasteiger partial charge in [-0.05, 0) is 36.8 Å². The van der Waals surface area contributed by atoms with Crippen LogP contribution in [-0.4, -0.2) is 60.0 Å². The largest absolute Gasteiger partial charge is 0.495 e. The summed E-state index contributed by atoms with van der Waals surface area (Å²) in [6.07, 6.45) is 0.0936. The number of para-hydroxylation sites is 2. The molecule has 2 aliphatic heterocycles. The first-order valence-corrected chi connectivity index (χ1v) is 10.9. The minimum Gasteiger partial charge on any atom is -0.495 e. The first-order valence-electron chi connectivity index (χ1n) is 10.9. The second kappa shape index (κ2) is 10.1. The van der Waals surface area contributed by atoms with Gasteiger partial charge >= 0.3 is 11.8 Å². The highest BCUT2D eigenvalue weighted by Gasteiger charge is 2.44. The van der Waals surface area contributed by atoms with Crippen LogP contribution >= 0.6 is 0 Å². The van der Waals surface area contributed by atoms with Gasteiger partial charge < -0.3 is 15.4 Å². The average molecular weight is 488 g/mol. The van der Waals surface area contributed by atoms with E-state index in [9.17, 15) is 28.8 Å². The van der Waals surface area contributed by atoms with E-state index in [1.165, 1.54) is 25.3 Å². The van der Waals surface area contributed by atoms with Gasteiger partial charge in [-0.3, -0.25) is 39.0 Å². The minimum atomic E-state index is -1.05. The fraction of sp³-hybridized carbons (Fsp3) is 0.200. The number of carbonyl (C=O) groups is 6. The Morgan fingerprint density at radius 1 is 1.06 bits per heavy atom. The van der Waals surface area contributed by atoms with Crippen molar-refractivity contribution in [3.8, 4) is 17.6 Å². The molecule has 182 valence electrons. The molecule has 4 rings (SSSR count). The van der Waals surface area contributed by atoms with E-state index in [2.05, 4.69) is 27.8 Å². The highest BCUT2D eigenvalue weighted by molar-refractivity contribution is 6.39. The van der Waals surface area contributed by atoms with Gasteiger partial charge in [-0.1, -0.05) is 24.0 Å². The molecule has 11 heteroatoms. The molecule has 0 spiro atoms. The standard InChI is InChI=1S/C25H20N4O7/c1-36-19-7-3-2-6-17(19)27-23(33)22(32)26-12-4-5-14-8-9-15-16(13-14)25(35)29(24(15)34)18-10-11-20(30)28-21(18)31/h2-3,6-9,13,18H,10-12H2,1H3,(H,26,32)(H,27,33)(H,28,30,31). The predicted octanol–water partition coefficient (Wildman–Crippen LogP) is 0.203. The molecule has 1 unspecified atom stereocenters. The van der Waals surface area contributed by atoms with Crippen molar-refractivity contribution in [1.29, 1.82) is 0 Å². The number of carbonyl (C=O) groups excluding carboxylic acids is 6. The number of nitrogens with one attached hydrogen (secondary N) is 3. The number of ether oxygens (including phenoxy) is 1. The number of hydrogen-bond acceptors (Lipinski definition) is 7. The number of amides is 6. The van der Waals surface area contributed by atoms with E-state index in [1.54, 1.807) is 24.3 Å². The van der Waals surface area contributed by atoms with Gasteiger partial charge in [-0.25, -0.2) is 0 Å². The summed E-state index contributed by atoms with van der Waals surface area (Å²) < 4.78 is 5.12. The van der Waals surface area contributed by atoms with E-state index in [1.807, 2.05) is 0 Å². The highest BCUT2D eigenvalue weighted by Crippen LogP contribution is 2.28. The smallest absolute Gasteiger partial charge is 0.313 e. The molecule has 6 amide bonds. The minimum absolute atomic E-state index is 0.0309. The fourth-order valence-electron chi connectivity index (χ4n) is 3.83. The van der Waals surface area contributed by atoms with Crippen LogP contribution in [0.4, 0.5) is 5.69 Å². The average Bonchev–Trinajstić information content (AvgIpc) is 3.11. The van der Waals surface area contributed by atoms with Crippen molar-refractivity contribution in [1.82, 2.24) is 15.5 Å². The van der Waals surface area contributed by atoms with Gasteiger partial charge in [0.1, 0.15) is 11.8 Å². The van der Waals surface area contributed by atoms with Crippen LogP contribution < -0.4 is 20.7 Å². The zero-order valence-corrected chi connectivity index (χ0v) is 19.0. The molecule has 36 heavy (non-hydrogen) atoms. The Bertz CT molecular complexity index is 1370. The van der Waals surface area contributed by atoms with Gasteiger partial charge in [-0.15, -0.1) is 0 Å². The number of fused-ring (bicyclic) bond motifs is 1. The van der Waals surface area contributed by atoms with E-state index in [4.69, 9.17) is 4.74 Å². The van der Waals surface area contributed by atoms with Crippen molar-refractivity contribution in [2.45, 2.75) is 18.9 Å². The molecule has 0 aliphatic carbocycles. The maximum Gasteiger partial charge on any atom is 0.313 e. The second-order valence-electron chi connectivity index (χ2n) is 7.85. The normalized spacial score (nSPS) is 16.5. The maximum absolute atomic E-state index is 12.9. The Kier molecular flexibility index (Phi) is 6.78. The third-order valence-corrected chi connectivity index (χ3v) is 5.57. The number of rotatable bonds is 4. The SMILES string of the molecule is COc1ccccc1NC(=O)C(=O)NCC#Cc1ccc2c(c1)C(=O)N(C1CCC(=O)NC1=O)C2=O. The number of piperidine rings is 1. The van der Waals surface area contributed by atoms with Crippen molar-refractivity contribution in [2.75, 3.05) is 19.0 Å². The summed E-state index contributed by atoms with van der Waals surface area (Å²) in [6.45, 7) is -0.148.